The fraction of sp³-hybridized carbons (Fsp3) is 0.308. The molecule has 4 nitrogen and oxygen atoms in total. The van der Waals surface area contributed by atoms with Crippen molar-refractivity contribution in [2.24, 2.45) is 0 Å². The van der Waals surface area contributed by atoms with Crippen molar-refractivity contribution in [2.45, 2.75) is 19.5 Å². The van der Waals surface area contributed by atoms with Gasteiger partial charge in [-0.05, 0) is 11.6 Å². The minimum Gasteiger partial charge on any atom is -0.480 e. The van der Waals surface area contributed by atoms with E-state index >= 15 is 0 Å². The molecule has 5 heteroatoms. The SMILES string of the molecule is O=C(O)Cn1c2c(c3cccc(Cl)c31)CNCC2. The molecule has 1 aromatic carbocycles. The summed E-state index contributed by atoms with van der Waals surface area (Å²) in [5, 5.41) is 14.0. The van der Waals surface area contributed by atoms with Gasteiger partial charge in [-0.25, -0.2) is 0 Å². The molecule has 0 aliphatic carbocycles. The molecule has 0 unspecified atom stereocenters. The lowest BCUT2D eigenvalue weighted by Crippen LogP contribution is -2.25. The molecule has 2 heterocycles. The minimum absolute atomic E-state index is 0.0322. The van der Waals surface area contributed by atoms with Crippen LogP contribution in [0.4, 0.5) is 0 Å². The van der Waals surface area contributed by atoms with Crippen LogP contribution in [0.2, 0.25) is 5.02 Å². The number of para-hydroxylation sites is 1. The highest BCUT2D eigenvalue weighted by atomic mass is 35.5. The van der Waals surface area contributed by atoms with Crippen LogP contribution in [0.25, 0.3) is 10.9 Å². The highest BCUT2D eigenvalue weighted by Crippen LogP contribution is 2.32. The summed E-state index contributed by atoms with van der Waals surface area (Å²) in [5.74, 6) is -0.840. The quantitative estimate of drug-likeness (QED) is 0.873. The lowest BCUT2D eigenvalue weighted by Gasteiger charge is -2.16. The standard InChI is InChI=1S/C13H13ClN2O2/c14-10-3-1-2-8-9-6-15-5-4-11(9)16(13(8)10)7-12(17)18/h1-3,15H,4-7H2,(H,17,18). The molecule has 0 bridgehead atoms. The van der Waals surface area contributed by atoms with Crippen LogP contribution in [-0.4, -0.2) is 22.2 Å². The van der Waals surface area contributed by atoms with Crippen LogP contribution in [0, 0.1) is 0 Å². The van der Waals surface area contributed by atoms with E-state index in [1.54, 1.807) is 6.07 Å². The van der Waals surface area contributed by atoms with E-state index in [4.69, 9.17) is 16.7 Å². The van der Waals surface area contributed by atoms with Crippen molar-refractivity contribution < 1.29 is 9.90 Å². The van der Waals surface area contributed by atoms with E-state index in [0.29, 0.717) is 5.02 Å². The van der Waals surface area contributed by atoms with Crippen molar-refractivity contribution in [3.63, 3.8) is 0 Å². The van der Waals surface area contributed by atoms with Crippen LogP contribution in [-0.2, 0) is 24.3 Å². The second-order valence-corrected chi connectivity index (χ2v) is 4.88. The van der Waals surface area contributed by atoms with Gasteiger partial charge in [-0.1, -0.05) is 23.7 Å². The number of rotatable bonds is 2. The molecule has 0 atom stereocenters. The normalized spacial score (nSPS) is 14.7. The summed E-state index contributed by atoms with van der Waals surface area (Å²) >= 11 is 6.23. The Hall–Kier alpha value is -1.52. The first kappa shape index (κ1) is 11.6. The molecule has 1 aliphatic rings. The van der Waals surface area contributed by atoms with Gasteiger partial charge in [0.1, 0.15) is 6.54 Å². The summed E-state index contributed by atoms with van der Waals surface area (Å²) in [4.78, 5) is 11.0. The lowest BCUT2D eigenvalue weighted by molar-refractivity contribution is -0.137. The number of halogens is 1. The largest absolute Gasteiger partial charge is 0.480 e. The fourth-order valence-electron chi connectivity index (χ4n) is 2.70. The van der Waals surface area contributed by atoms with Gasteiger partial charge in [-0.3, -0.25) is 4.79 Å². The number of carbonyl (C=O) groups is 1. The number of aliphatic carboxylic acids is 1. The number of benzene rings is 1. The second kappa shape index (κ2) is 4.30. The molecule has 94 valence electrons. The number of carboxylic acid groups (broad SMARTS) is 1. The Labute approximate surface area is 109 Å². The first-order chi connectivity index (χ1) is 8.68. The Bertz CT molecular complexity index is 633. The third-order valence-corrected chi connectivity index (χ3v) is 3.69. The van der Waals surface area contributed by atoms with E-state index in [2.05, 4.69) is 5.32 Å². The molecular weight excluding hydrogens is 252 g/mol. The van der Waals surface area contributed by atoms with Gasteiger partial charge < -0.3 is 15.0 Å². The highest BCUT2D eigenvalue weighted by Gasteiger charge is 2.22. The predicted octanol–water partition coefficient (Wildman–Crippen LogP) is 2.02. The van der Waals surface area contributed by atoms with Gasteiger partial charge in [0.05, 0.1) is 10.5 Å². The molecule has 0 saturated carbocycles. The maximum absolute atomic E-state index is 11.0. The summed E-state index contributed by atoms with van der Waals surface area (Å²) < 4.78 is 1.84. The summed E-state index contributed by atoms with van der Waals surface area (Å²) in [6.45, 7) is 1.62. The zero-order valence-electron chi connectivity index (χ0n) is 9.74. The maximum Gasteiger partial charge on any atom is 0.323 e. The molecule has 2 aromatic rings. The topological polar surface area (TPSA) is 54.3 Å². The molecule has 0 fully saturated rings. The predicted molar refractivity (Wildman–Crippen MR) is 70.0 cm³/mol. The second-order valence-electron chi connectivity index (χ2n) is 4.47. The zero-order valence-corrected chi connectivity index (χ0v) is 10.5. The van der Waals surface area contributed by atoms with Crippen molar-refractivity contribution in [3.05, 3.63) is 34.5 Å². The average molecular weight is 265 g/mol. The van der Waals surface area contributed by atoms with Crippen molar-refractivity contribution in [1.29, 1.82) is 0 Å². The Morgan fingerprint density at radius 1 is 1.50 bits per heavy atom. The number of hydrogen-bond donors (Lipinski definition) is 2. The first-order valence-electron chi connectivity index (χ1n) is 5.89. The van der Waals surface area contributed by atoms with Crippen LogP contribution in [0.1, 0.15) is 11.3 Å². The van der Waals surface area contributed by atoms with Crippen LogP contribution in [0.15, 0.2) is 18.2 Å². The fourth-order valence-corrected chi connectivity index (χ4v) is 2.98. The molecule has 2 N–H and O–H groups in total. The molecular formula is C13H13ClN2O2. The van der Waals surface area contributed by atoms with E-state index in [0.717, 1.165) is 36.1 Å². The smallest absolute Gasteiger partial charge is 0.323 e. The van der Waals surface area contributed by atoms with Gasteiger partial charge >= 0.3 is 5.97 Å². The van der Waals surface area contributed by atoms with Gasteiger partial charge in [0, 0.05) is 30.6 Å². The van der Waals surface area contributed by atoms with E-state index < -0.39 is 5.97 Å². The van der Waals surface area contributed by atoms with Gasteiger partial charge in [-0.15, -0.1) is 0 Å². The Morgan fingerprint density at radius 2 is 2.33 bits per heavy atom. The van der Waals surface area contributed by atoms with E-state index in [1.165, 1.54) is 5.56 Å². The molecule has 18 heavy (non-hydrogen) atoms. The Balaban J connectivity index is 2.33. The molecule has 0 saturated heterocycles. The van der Waals surface area contributed by atoms with Gasteiger partial charge in [0.15, 0.2) is 0 Å². The monoisotopic (exact) mass is 264 g/mol. The van der Waals surface area contributed by atoms with E-state index in [9.17, 15) is 4.79 Å². The molecule has 3 rings (SSSR count). The number of fused-ring (bicyclic) bond motifs is 3. The summed E-state index contributed by atoms with van der Waals surface area (Å²) in [6, 6.07) is 5.72. The van der Waals surface area contributed by atoms with Gasteiger partial charge in [0.2, 0.25) is 0 Å². The molecule has 0 radical (unpaired) electrons. The average Bonchev–Trinajstić information content (AvgIpc) is 2.66. The summed E-state index contributed by atoms with van der Waals surface area (Å²) in [6.07, 6.45) is 0.841. The highest BCUT2D eigenvalue weighted by molar-refractivity contribution is 6.35. The number of carboxylic acids is 1. The zero-order chi connectivity index (χ0) is 12.7. The third kappa shape index (κ3) is 1.69. The molecule has 0 amide bonds. The maximum atomic E-state index is 11.0. The van der Waals surface area contributed by atoms with E-state index in [1.807, 2.05) is 16.7 Å². The lowest BCUT2D eigenvalue weighted by atomic mass is 10.1. The van der Waals surface area contributed by atoms with Crippen LogP contribution < -0.4 is 5.32 Å². The third-order valence-electron chi connectivity index (χ3n) is 3.39. The number of aromatic nitrogens is 1. The number of hydrogen-bond acceptors (Lipinski definition) is 2. The van der Waals surface area contributed by atoms with E-state index in [-0.39, 0.29) is 6.54 Å². The summed E-state index contributed by atoms with van der Waals surface area (Å²) in [7, 11) is 0. The molecule has 0 spiro atoms. The van der Waals surface area contributed by atoms with Crippen LogP contribution >= 0.6 is 11.6 Å². The minimum atomic E-state index is -0.840. The van der Waals surface area contributed by atoms with Gasteiger partial charge in [0.25, 0.3) is 0 Å². The Kier molecular flexibility index (Phi) is 2.76. The summed E-state index contributed by atoms with van der Waals surface area (Å²) in [5.41, 5.74) is 3.12. The Morgan fingerprint density at radius 3 is 3.11 bits per heavy atom. The van der Waals surface area contributed by atoms with Crippen LogP contribution in [0.3, 0.4) is 0 Å². The van der Waals surface area contributed by atoms with Crippen LogP contribution in [0.5, 0.6) is 0 Å². The molecule has 1 aromatic heterocycles. The van der Waals surface area contributed by atoms with Gasteiger partial charge in [-0.2, -0.15) is 0 Å². The number of nitrogens with one attached hydrogen (secondary N) is 1. The number of nitrogens with zero attached hydrogens (tertiary/aromatic N) is 1. The first-order valence-corrected chi connectivity index (χ1v) is 6.27. The van der Waals surface area contributed by atoms with Crippen molar-refractivity contribution >= 4 is 28.5 Å². The van der Waals surface area contributed by atoms with Crippen molar-refractivity contribution in [2.75, 3.05) is 6.54 Å². The van der Waals surface area contributed by atoms with Crippen molar-refractivity contribution in [3.8, 4) is 0 Å². The molecule has 1 aliphatic heterocycles. The van der Waals surface area contributed by atoms with Crippen molar-refractivity contribution in [1.82, 2.24) is 9.88 Å².